The number of hydrogen-bond donors (Lipinski definition) is 1. The largest absolute Gasteiger partial charge is 0.378 e. The van der Waals surface area contributed by atoms with Crippen LogP contribution in [-0.4, -0.2) is 47.2 Å². The summed E-state index contributed by atoms with van der Waals surface area (Å²) < 4.78 is 1.94. The van der Waals surface area contributed by atoms with Crippen molar-refractivity contribution >= 4 is 46.3 Å². The van der Waals surface area contributed by atoms with Crippen LogP contribution in [0.1, 0.15) is 16.8 Å². The lowest BCUT2D eigenvalue weighted by Gasteiger charge is -2.14. The van der Waals surface area contributed by atoms with Gasteiger partial charge in [0.15, 0.2) is 0 Å². The second kappa shape index (κ2) is 9.61. The van der Waals surface area contributed by atoms with Crippen molar-refractivity contribution in [2.75, 3.05) is 30.9 Å². The lowest BCUT2D eigenvalue weighted by atomic mass is 10.1. The Labute approximate surface area is 203 Å². The molecule has 1 aliphatic rings. The molecule has 7 nitrogen and oxygen atoms in total. The zero-order valence-corrected chi connectivity index (χ0v) is 20.3. The van der Waals surface area contributed by atoms with E-state index >= 15 is 0 Å². The van der Waals surface area contributed by atoms with Gasteiger partial charge in [-0.15, -0.1) is 0 Å². The number of nitrogens with one attached hydrogen (secondary N) is 1. The summed E-state index contributed by atoms with van der Waals surface area (Å²) in [7, 11) is 3.96. The maximum absolute atomic E-state index is 12.9. The van der Waals surface area contributed by atoms with E-state index in [0.29, 0.717) is 5.69 Å². The number of benzene rings is 2. The Morgan fingerprint density at radius 1 is 1.03 bits per heavy atom. The SMILES string of the molecule is Cc1ccc(NC(=O)CN2C(=O)S/C(=C\c3cccn3-c3ccc(N(C)C)cc3)C2=O)cc1C. The summed E-state index contributed by atoms with van der Waals surface area (Å²) in [6, 6.07) is 17.4. The molecule has 0 atom stereocenters. The first kappa shape index (κ1) is 23.4. The van der Waals surface area contributed by atoms with Crippen LogP contribution >= 0.6 is 11.8 Å². The van der Waals surface area contributed by atoms with E-state index in [1.807, 2.05) is 92.1 Å². The predicted octanol–water partition coefficient (Wildman–Crippen LogP) is 4.84. The Kier molecular flexibility index (Phi) is 6.61. The number of nitrogens with zero attached hydrogens (tertiary/aromatic N) is 3. The molecule has 174 valence electrons. The van der Waals surface area contributed by atoms with Crippen molar-refractivity contribution in [3.05, 3.63) is 82.5 Å². The summed E-state index contributed by atoms with van der Waals surface area (Å²) in [6.07, 6.45) is 3.59. The van der Waals surface area contributed by atoms with Gasteiger partial charge >= 0.3 is 0 Å². The van der Waals surface area contributed by atoms with Gasteiger partial charge in [0, 0.05) is 43.0 Å². The highest BCUT2D eigenvalue weighted by Crippen LogP contribution is 2.32. The number of imide groups is 1. The van der Waals surface area contributed by atoms with E-state index < -0.39 is 17.1 Å². The van der Waals surface area contributed by atoms with Crippen molar-refractivity contribution in [1.29, 1.82) is 0 Å². The first-order chi connectivity index (χ1) is 16.2. The number of hydrogen-bond acceptors (Lipinski definition) is 5. The van der Waals surface area contributed by atoms with Crippen LogP contribution in [0.5, 0.6) is 0 Å². The molecule has 0 spiro atoms. The van der Waals surface area contributed by atoms with Crippen LogP contribution in [0.3, 0.4) is 0 Å². The number of carbonyl (C=O) groups is 3. The van der Waals surface area contributed by atoms with Crippen LogP contribution in [0.15, 0.2) is 65.7 Å². The summed E-state index contributed by atoms with van der Waals surface area (Å²) in [5.41, 5.74) is 5.58. The topological polar surface area (TPSA) is 74.7 Å². The highest BCUT2D eigenvalue weighted by Gasteiger charge is 2.36. The zero-order chi connectivity index (χ0) is 24.4. The van der Waals surface area contributed by atoms with Gasteiger partial charge in [0.1, 0.15) is 6.54 Å². The van der Waals surface area contributed by atoms with E-state index in [1.165, 1.54) is 0 Å². The van der Waals surface area contributed by atoms with E-state index in [9.17, 15) is 14.4 Å². The van der Waals surface area contributed by atoms with Crippen LogP contribution in [0, 0.1) is 13.8 Å². The minimum Gasteiger partial charge on any atom is -0.378 e. The van der Waals surface area contributed by atoms with E-state index in [4.69, 9.17) is 0 Å². The molecule has 0 bridgehead atoms. The van der Waals surface area contributed by atoms with E-state index in [1.54, 1.807) is 12.1 Å². The number of aryl methyl sites for hydroxylation is 2. The number of aromatic nitrogens is 1. The summed E-state index contributed by atoms with van der Waals surface area (Å²) in [5.74, 6) is -0.892. The molecule has 0 aliphatic carbocycles. The van der Waals surface area contributed by atoms with Crippen molar-refractivity contribution in [2.24, 2.45) is 0 Å². The van der Waals surface area contributed by atoms with Crippen LogP contribution in [0.2, 0.25) is 0 Å². The molecular weight excluding hydrogens is 448 g/mol. The van der Waals surface area contributed by atoms with Gasteiger partial charge in [-0.3, -0.25) is 19.3 Å². The maximum atomic E-state index is 12.9. The average molecular weight is 475 g/mol. The molecule has 0 radical (unpaired) electrons. The molecule has 1 N–H and O–H groups in total. The highest BCUT2D eigenvalue weighted by molar-refractivity contribution is 8.18. The van der Waals surface area contributed by atoms with Gasteiger partial charge in [-0.2, -0.15) is 0 Å². The van der Waals surface area contributed by atoms with Crippen LogP contribution in [0.25, 0.3) is 11.8 Å². The first-order valence-corrected chi connectivity index (χ1v) is 11.6. The predicted molar refractivity (Wildman–Crippen MR) is 137 cm³/mol. The summed E-state index contributed by atoms with van der Waals surface area (Å²) in [4.78, 5) is 41.2. The third kappa shape index (κ3) is 4.92. The molecule has 8 heteroatoms. The highest BCUT2D eigenvalue weighted by atomic mass is 32.2. The molecular formula is C26H26N4O3S. The second-order valence-electron chi connectivity index (χ2n) is 8.33. The maximum Gasteiger partial charge on any atom is 0.294 e. The number of anilines is 2. The molecule has 3 amide bonds. The quantitative estimate of drug-likeness (QED) is 0.518. The molecule has 1 aromatic heterocycles. The third-order valence-electron chi connectivity index (χ3n) is 5.67. The zero-order valence-electron chi connectivity index (χ0n) is 19.5. The average Bonchev–Trinajstić information content (AvgIpc) is 3.36. The minimum absolute atomic E-state index is 0.286. The van der Waals surface area contributed by atoms with Crippen molar-refractivity contribution in [3.63, 3.8) is 0 Å². The lowest BCUT2D eigenvalue weighted by Crippen LogP contribution is -2.36. The molecule has 1 saturated heterocycles. The molecule has 2 aromatic carbocycles. The van der Waals surface area contributed by atoms with Gasteiger partial charge in [-0.1, -0.05) is 6.07 Å². The molecule has 4 rings (SSSR count). The summed E-state index contributed by atoms with van der Waals surface area (Å²) >= 11 is 0.842. The Bertz CT molecular complexity index is 1290. The fraction of sp³-hybridized carbons (Fsp3) is 0.192. The van der Waals surface area contributed by atoms with E-state index in [0.717, 1.165) is 44.9 Å². The second-order valence-corrected chi connectivity index (χ2v) is 9.32. The standard InChI is InChI=1S/C26H26N4O3S/c1-17-7-8-19(14-18(17)2)27-24(31)16-30-25(32)23(34-26(30)33)15-22-6-5-13-29(22)21-11-9-20(10-12-21)28(3)4/h5-15H,16H2,1-4H3,(H,27,31)/b23-15-. The number of amides is 3. The Balaban J connectivity index is 1.48. The molecule has 2 heterocycles. The van der Waals surface area contributed by atoms with Crippen LogP contribution in [-0.2, 0) is 9.59 Å². The number of thioether (sulfide) groups is 1. The molecule has 3 aromatic rings. The Hall–Kier alpha value is -3.78. The van der Waals surface area contributed by atoms with Gasteiger partial charge in [-0.25, -0.2) is 0 Å². The summed E-state index contributed by atoms with van der Waals surface area (Å²) in [5, 5.41) is 2.30. The Morgan fingerprint density at radius 3 is 2.44 bits per heavy atom. The third-order valence-corrected chi connectivity index (χ3v) is 6.58. The molecule has 1 fully saturated rings. The normalized spacial score (nSPS) is 14.7. The first-order valence-electron chi connectivity index (χ1n) is 10.8. The fourth-order valence-corrected chi connectivity index (χ4v) is 4.42. The summed E-state index contributed by atoms with van der Waals surface area (Å²) in [6.45, 7) is 3.61. The smallest absolute Gasteiger partial charge is 0.294 e. The van der Waals surface area contributed by atoms with Gasteiger partial charge in [-0.05, 0) is 91.3 Å². The molecule has 0 unspecified atom stereocenters. The van der Waals surface area contributed by atoms with Gasteiger partial charge in [0.05, 0.1) is 4.91 Å². The monoisotopic (exact) mass is 474 g/mol. The van der Waals surface area contributed by atoms with Crippen molar-refractivity contribution in [1.82, 2.24) is 9.47 Å². The van der Waals surface area contributed by atoms with E-state index in [-0.39, 0.29) is 11.4 Å². The number of rotatable bonds is 6. The molecule has 1 aliphatic heterocycles. The van der Waals surface area contributed by atoms with Crippen LogP contribution < -0.4 is 10.2 Å². The number of carbonyl (C=O) groups excluding carboxylic acids is 3. The molecule has 34 heavy (non-hydrogen) atoms. The lowest BCUT2D eigenvalue weighted by molar-refractivity contribution is -0.127. The Morgan fingerprint density at radius 2 is 1.76 bits per heavy atom. The van der Waals surface area contributed by atoms with Gasteiger partial charge < -0.3 is 14.8 Å². The fourth-order valence-electron chi connectivity index (χ4n) is 3.59. The van der Waals surface area contributed by atoms with Crippen molar-refractivity contribution < 1.29 is 14.4 Å². The van der Waals surface area contributed by atoms with Crippen molar-refractivity contribution in [3.8, 4) is 5.69 Å². The minimum atomic E-state index is -0.471. The van der Waals surface area contributed by atoms with Crippen LogP contribution in [0.4, 0.5) is 16.2 Å². The van der Waals surface area contributed by atoms with Gasteiger partial charge in [0.25, 0.3) is 11.1 Å². The molecule has 0 saturated carbocycles. The van der Waals surface area contributed by atoms with Crippen molar-refractivity contribution in [2.45, 2.75) is 13.8 Å². The van der Waals surface area contributed by atoms with Gasteiger partial charge in [0.2, 0.25) is 5.91 Å². The van der Waals surface area contributed by atoms with E-state index in [2.05, 4.69) is 5.32 Å².